The van der Waals surface area contributed by atoms with Gasteiger partial charge in [0.15, 0.2) is 0 Å². The molecule has 0 aliphatic carbocycles. The van der Waals surface area contributed by atoms with Crippen LogP contribution in [-0.4, -0.2) is 12.3 Å². The molecule has 2 aromatic carbocycles. The van der Waals surface area contributed by atoms with E-state index in [1.165, 1.54) is 5.56 Å². The van der Waals surface area contributed by atoms with Gasteiger partial charge in [-0.05, 0) is 30.0 Å². The quantitative estimate of drug-likeness (QED) is 0.667. The lowest BCUT2D eigenvalue weighted by molar-refractivity contribution is 0.252. The van der Waals surface area contributed by atoms with Crippen molar-refractivity contribution in [2.75, 3.05) is 11.9 Å². The van der Waals surface area contributed by atoms with E-state index in [-0.39, 0.29) is 0 Å². The molecule has 0 amide bonds. The third kappa shape index (κ3) is 5.05. The zero-order valence-corrected chi connectivity index (χ0v) is 12.7. The van der Waals surface area contributed by atoms with E-state index in [2.05, 4.69) is 24.4 Å². The summed E-state index contributed by atoms with van der Waals surface area (Å²) in [5.41, 5.74) is 2.08. The van der Waals surface area contributed by atoms with Crippen molar-refractivity contribution < 1.29 is 8.78 Å². The summed E-state index contributed by atoms with van der Waals surface area (Å²) in [5.74, 6) is -1.95. The van der Waals surface area contributed by atoms with Crippen LogP contribution in [0.3, 0.4) is 0 Å². The number of thioether (sulfide) groups is 1. The Morgan fingerprint density at radius 2 is 1.67 bits per heavy atom. The topological polar surface area (TPSA) is 12.0 Å². The molecular formula is C17H19F2NS. The van der Waals surface area contributed by atoms with Gasteiger partial charge in [-0.1, -0.05) is 61.2 Å². The summed E-state index contributed by atoms with van der Waals surface area (Å²) in [5, 5.41) is 3.27. The lowest BCUT2D eigenvalue weighted by Crippen LogP contribution is -2.06. The molecular weight excluding hydrogens is 288 g/mol. The summed E-state index contributed by atoms with van der Waals surface area (Å²) in [7, 11) is 0. The maximum Gasteiger partial charge on any atom is 0.288 e. The molecule has 1 N–H and O–H groups in total. The van der Waals surface area contributed by atoms with Crippen molar-refractivity contribution in [2.24, 2.45) is 0 Å². The second kappa shape index (κ2) is 8.03. The van der Waals surface area contributed by atoms with Gasteiger partial charge in [0, 0.05) is 17.1 Å². The molecule has 0 saturated carbocycles. The zero-order chi connectivity index (χ0) is 15.1. The molecule has 0 bridgehead atoms. The minimum atomic E-state index is -2.39. The molecule has 0 aliphatic heterocycles. The van der Waals surface area contributed by atoms with Crippen molar-refractivity contribution in [2.45, 2.75) is 29.9 Å². The van der Waals surface area contributed by atoms with Crippen LogP contribution in [0.4, 0.5) is 14.5 Å². The SMILES string of the molecule is CC(CCNc1ccccc1SC(F)F)c1ccccc1. The Bertz CT molecular complexity index is 545. The minimum Gasteiger partial charge on any atom is -0.384 e. The Kier molecular flexibility index (Phi) is 6.05. The number of benzene rings is 2. The van der Waals surface area contributed by atoms with Gasteiger partial charge in [-0.2, -0.15) is 8.78 Å². The molecule has 4 heteroatoms. The lowest BCUT2D eigenvalue weighted by Gasteiger charge is -2.15. The van der Waals surface area contributed by atoms with E-state index in [0.717, 1.165) is 18.7 Å². The molecule has 0 aliphatic rings. The highest BCUT2D eigenvalue weighted by atomic mass is 32.2. The van der Waals surface area contributed by atoms with Gasteiger partial charge in [-0.15, -0.1) is 0 Å². The van der Waals surface area contributed by atoms with Crippen molar-refractivity contribution >= 4 is 17.4 Å². The normalized spacial score (nSPS) is 12.4. The van der Waals surface area contributed by atoms with Gasteiger partial charge in [0.25, 0.3) is 5.76 Å². The third-order valence-electron chi connectivity index (χ3n) is 3.36. The molecule has 2 aromatic rings. The zero-order valence-electron chi connectivity index (χ0n) is 11.9. The van der Waals surface area contributed by atoms with Crippen LogP contribution in [-0.2, 0) is 0 Å². The Morgan fingerprint density at radius 1 is 1.00 bits per heavy atom. The fourth-order valence-corrected chi connectivity index (χ4v) is 2.80. The third-order valence-corrected chi connectivity index (χ3v) is 4.15. The summed E-state index contributed by atoms with van der Waals surface area (Å²) in [4.78, 5) is 0.597. The monoisotopic (exact) mass is 307 g/mol. The summed E-state index contributed by atoms with van der Waals surface area (Å²) < 4.78 is 25.0. The van der Waals surface area contributed by atoms with Crippen LogP contribution in [0.15, 0.2) is 59.5 Å². The predicted octanol–water partition coefficient (Wildman–Crippen LogP) is 5.61. The highest BCUT2D eigenvalue weighted by molar-refractivity contribution is 7.99. The second-order valence-electron chi connectivity index (χ2n) is 4.90. The van der Waals surface area contributed by atoms with Gasteiger partial charge in [-0.3, -0.25) is 0 Å². The first-order chi connectivity index (χ1) is 10.2. The molecule has 1 atom stereocenters. The number of hydrogen-bond acceptors (Lipinski definition) is 2. The van der Waals surface area contributed by atoms with E-state index < -0.39 is 5.76 Å². The molecule has 112 valence electrons. The fraction of sp³-hybridized carbons (Fsp3) is 0.294. The van der Waals surface area contributed by atoms with E-state index in [4.69, 9.17) is 0 Å². The summed E-state index contributed by atoms with van der Waals surface area (Å²) in [6.07, 6.45) is 0.956. The van der Waals surface area contributed by atoms with E-state index in [1.54, 1.807) is 12.1 Å². The molecule has 0 heterocycles. The van der Waals surface area contributed by atoms with E-state index in [1.807, 2.05) is 30.3 Å². The number of halogens is 2. The Hall–Kier alpha value is -1.55. The highest BCUT2D eigenvalue weighted by Crippen LogP contribution is 2.31. The van der Waals surface area contributed by atoms with Crippen molar-refractivity contribution in [3.63, 3.8) is 0 Å². The molecule has 21 heavy (non-hydrogen) atoms. The molecule has 1 unspecified atom stereocenters. The van der Waals surface area contributed by atoms with Crippen molar-refractivity contribution in [1.29, 1.82) is 0 Å². The van der Waals surface area contributed by atoms with Crippen LogP contribution in [0.2, 0.25) is 0 Å². The maximum atomic E-state index is 12.5. The Labute approximate surface area is 128 Å². The number of hydrogen-bond donors (Lipinski definition) is 1. The van der Waals surface area contributed by atoms with Gasteiger partial charge in [-0.25, -0.2) is 0 Å². The van der Waals surface area contributed by atoms with Crippen molar-refractivity contribution in [1.82, 2.24) is 0 Å². The molecule has 0 fully saturated rings. The summed E-state index contributed by atoms with van der Waals surface area (Å²) in [6.45, 7) is 2.94. The molecule has 2 rings (SSSR count). The highest BCUT2D eigenvalue weighted by Gasteiger charge is 2.10. The predicted molar refractivity (Wildman–Crippen MR) is 86.3 cm³/mol. The number of rotatable bonds is 7. The van der Waals surface area contributed by atoms with Gasteiger partial charge in [0.1, 0.15) is 0 Å². The molecule has 0 radical (unpaired) electrons. The number of anilines is 1. The molecule has 1 nitrogen and oxygen atoms in total. The average Bonchev–Trinajstić information content (AvgIpc) is 2.49. The van der Waals surface area contributed by atoms with Crippen molar-refractivity contribution in [3.8, 4) is 0 Å². The number of nitrogens with one attached hydrogen (secondary N) is 1. The summed E-state index contributed by atoms with van der Waals surface area (Å²) in [6, 6.07) is 17.5. The van der Waals surface area contributed by atoms with Crippen LogP contribution < -0.4 is 5.32 Å². The van der Waals surface area contributed by atoms with E-state index >= 15 is 0 Å². The molecule has 0 aromatic heterocycles. The first-order valence-corrected chi connectivity index (χ1v) is 7.87. The number of alkyl halides is 2. The largest absolute Gasteiger partial charge is 0.384 e. The lowest BCUT2D eigenvalue weighted by atomic mass is 9.98. The first-order valence-electron chi connectivity index (χ1n) is 6.99. The van der Waals surface area contributed by atoms with Crippen LogP contribution in [0.5, 0.6) is 0 Å². The van der Waals surface area contributed by atoms with Crippen molar-refractivity contribution in [3.05, 3.63) is 60.2 Å². The van der Waals surface area contributed by atoms with E-state index in [0.29, 0.717) is 22.6 Å². The standard InChI is InChI=1S/C17H19F2NS/c1-13(14-7-3-2-4-8-14)11-12-20-15-9-5-6-10-16(15)21-17(18)19/h2-10,13,17,20H,11-12H2,1H3. The van der Waals surface area contributed by atoms with Crippen LogP contribution >= 0.6 is 11.8 Å². The first kappa shape index (κ1) is 15.8. The van der Waals surface area contributed by atoms with Gasteiger partial charge in [0.05, 0.1) is 0 Å². The smallest absolute Gasteiger partial charge is 0.288 e. The van der Waals surface area contributed by atoms with Gasteiger partial charge in [0.2, 0.25) is 0 Å². The van der Waals surface area contributed by atoms with Crippen LogP contribution in [0.25, 0.3) is 0 Å². The molecule has 0 saturated heterocycles. The Morgan fingerprint density at radius 3 is 2.38 bits per heavy atom. The molecule has 0 spiro atoms. The minimum absolute atomic E-state index is 0.439. The van der Waals surface area contributed by atoms with Gasteiger partial charge >= 0.3 is 0 Å². The Balaban J connectivity index is 1.89. The van der Waals surface area contributed by atoms with Crippen LogP contribution in [0.1, 0.15) is 24.8 Å². The van der Waals surface area contributed by atoms with E-state index in [9.17, 15) is 8.78 Å². The van der Waals surface area contributed by atoms with Gasteiger partial charge < -0.3 is 5.32 Å². The second-order valence-corrected chi connectivity index (χ2v) is 5.93. The fourth-order valence-electron chi connectivity index (χ4n) is 2.18. The number of para-hydroxylation sites is 1. The average molecular weight is 307 g/mol. The maximum absolute atomic E-state index is 12.5. The summed E-state index contributed by atoms with van der Waals surface area (Å²) >= 11 is 0.584. The van der Waals surface area contributed by atoms with Crippen LogP contribution in [0, 0.1) is 0 Å².